The second-order valence-electron chi connectivity index (χ2n) is 8.97. The van der Waals surface area contributed by atoms with Gasteiger partial charge in [-0.1, -0.05) is 67.2 Å². The predicted octanol–water partition coefficient (Wildman–Crippen LogP) is 3.90. The van der Waals surface area contributed by atoms with Crippen LogP contribution in [0.15, 0.2) is 78.0 Å². The van der Waals surface area contributed by atoms with Crippen molar-refractivity contribution in [3.05, 3.63) is 95.1 Å². The van der Waals surface area contributed by atoms with Crippen LogP contribution < -0.4 is 5.73 Å². The molecule has 3 aromatic carbocycles. The van der Waals surface area contributed by atoms with Crippen LogP contribution in [0.25, 0.3) is 5.69 Å². The maximum absolute atomic E-state index is 9.61. The Morgan fingerprint density at radius 3 is 2.27 bits per heavy atom. The van der Waals surface area contributed by atoms with Crippen LogP contribution in [-0.4, -0.2) is 42.3 Å². The number of hydrogen-bond acceptors (Lipinski definition) is 9. The summed E-state index contributed by atoms with van der Waals surface area (Å²) >= 11 is 1.50. The van der Waals surface area contributed by atoms with Crippen molar-refractivity contribution in [2.75, 3.05) is 5.75 Å². The van der Waals surface area contributed by atoms with E-state index in [0.717, 1.165) is 27.9 Å². The van der Waals surface area contributed by atoms with E-state index in [2.05, 4.69) is 22.4 Å². The van der Waals surface area contributed by atoms with Gasteiger partial charge in [0.05, 0.1) is 24.5 Å². The molecule has 1 aliphatic heterocycles. The van der Waals surface area contributed by atoms with Crippen LogP contribution in [0.2, 0.25) is 0 Å². The van der Waals surface area contributed by atoms with E-state index in [1.54, 1.807) is 28.9 Å². The minimum absolute atomic E-state index is 0.00437. The molecule has 1 saturated heterocycles. The van der Waals surface area contributed by atoms with Crippen molar-refractivity contribution in [3.63, 3.8) is 0 Å². The number of aliphatic hydroxyl groups is 1. The van der Waals surface area contributed by atoms with E-state index in [1.165, 1.54) is 11.8 Å². The Kier molecular flexibility index (Phi) is 7.82. The Hall–Kier alpha value is -3.28. The lowest BCUT2D eigenvalue weighted by atomic mass is 9.91. The van der Waals surface area contributed by atoms with Crippen LogP contribution in [0.1, 0.15) is 41.6 Å². The maximum atomic E-state index is 9.61. The summed E-state index contributed by atoms with van der Waals surface area (Å²) in [6.45, 7) is 2.58. The molecule has 10 heteroatoms. The van der Waals surface area contributed by atoms with E-state index in [9.17, 15) is 10.2 Å². The number of phenols is 1. The van der Waals surface area contributed by atoms with Crippen LogP contribution >= 0.6 is 11.8 Å². The number of rotatable bonds is 8. The molecule has 5 rings (SSSR count). The van der Waals surface area contributed by atoms with E-state index < -0.39 is 6.29 Å². The average molecular weight is 520 g/mol. The highest BCUT2D eigenvalue weighted by molar-refractivity contribution is 7.99. The molecule has 1 aromatic heterocycles. The second kappa shape index (κ2) is 11.4. The van der Waals surface area contributed by atoms with Gasteiger partial charge in [0.15, 0.2) is 6.29 Å². The first kappa shape index (κ1) is 25.4. The molecule has 0 amide bonds. The molecule has 0 saturated carbocycles. The number of aliphatic hydroxyl groups excluding tert-OH is 1. The summed E-state index contributed by atoms with van der Waals surface area (Å²) in [5.74, 6) is 0.815. The summed E-state index contributed by atoms with van der Waals surface area (Å²) in [5.41, 5.74) is 10.4. The number of tetrazole rings is 1. The fourth-order valence-electron chi connectivity index (χ4n) is 4.30. The Morgan fingerprint density at radius 2 is 1.59 bits per heavy atom. The number of ether oxygens (including phenoxy) is 2. The lowest BCUT2D eigenvalue weighted by Crippen LogP contribution is -2.38. The molecule has 4 N–H and O–H groups in total. The van der Waals surface area contributed by atoms with Crippen LogP contribution in [0.4, 0.5) is 0 Å². The Morgan fingerprint density at radius 1 is 0.919 bits per heavy atom. The number of hydrogen-bond donors (Lipinski definition) is 3. The van der Waals surface area contributed by atoms with Gasteiger partial charge in [0.2, 0.25) is 5.16 Å². The number of aromatic hydroxyl groups is 1. The molecular weight excluding hydrogens is 490 g/mol. The standard InChI is InChI=1S/C27H29N5O4S/c1-17-24(16-37-27-29-30-31-32(27)22-10-12-23(34)13-11-22)35-26(21-8-2-18(14-28)3-9-21)36-25(17)20-6-4-19(15-33)5-7-20/h2-13,17,24-26,33-34H,14-16,28H2,1H3/t17-,24+,25+,26+/m1/s1. The summed E-state index contributed by atoms with van der Waals surface area (Å²) in [7, 11) is 0. The predicted molar refractivity (Wildman–Crippen MR) is 139 cm³/mol. The van der Waals surface area contributed by atoms with Gasteiger partial charge in [0.1, 0.15) is 5.75 Å². The SMILES string of the molecule is C[C@@H]1[C@H](CSc2nnnn2-c2ccc(O)cc2)O[C@H](c2ccc(CN)cc2)O[C@@H]1c1ccc(CO)cc1. The molecule has 0 spiro atoms. The molecule has 4 atom stereocenters. The van der Waals surface area contributed by atoms with Crippen LogP contribution in [-0.2, 0) is 22.6 Å². The van der Waals surface area contributed by atoms with Crippen molar-refractivity contribution in [1.29, 1.82) is 0 Å². The van der Waals surface area contributed by atoms with Gasteiger partial charge in [-0.25, -0.2) is 0 Å². The van der Waals surface area contributed by atoms with Crippen molar-refractivity contribution in [2.45, 2.75) is 43.7 Å². The Labute approximate surface area is 219 Å². The summed E-state index contributed by atoms with van der Waals surface area (Å²) in [5, 5.41) is 31.8. The summed E-state index contributed by atoms with van der Waals surface area (Å²) in [6, 6.07) is 22.5. The lowest BCUT2D eigenvalue weighted by molar-refractivity contribution is -0.268. The van der Waals surface area contributed by atoms with E-state index in [0.29, 0.717) is 17.5 Å². The van der Waals surface area contributed by atoms with Crippen molar-refractivity contribution < 1.29 is 19.7 Å². The van der Waals surface area contributed by atoms with Crippen molar-refractivity contribution >= 4 is 11.8 Å². The highest BCUT2D eigenvalue weighted by Crippen LogP contribution is 2.43. The first-order chi connectivity index (χ1) is 18.1. The molecule has 0 radical (unpaired) electrons. The van der Waals surface area contributed by atoms with Crippen molar-refractivity contribution in [1.82, 2.24) is 20.2 Å². The number of thioether (sulfide) groups is 1. The van der Waals surface area contributed by atoms with Crippen LogP contribution in [0.5, 0.6) is 5.75 Å². The number of phenolic OH excluding ortho intramolecular Hbond substituents is 1. The van der Waals surface area contributed by atoms with Crippen molar-refractivity contribution in [2.24, 2.45) is 11.7 Å². The van der Waals surface area contributed by atoms with E-state index >= 15 is 0 Å². The normalized spacial score (nSPS) is 21.7. The minimum atomic E-state index is -0.552. The van der Waals surface area contributed by atoms with Crippen LogP contribution in [0, 0.1) is 5.92 Å². The average Bonchev–Trinajstić information content (AvgIpc) is 3.42. The van der Waals surface area contributed by atoms with Gasteiger partial charge >= 0.3 is 0 Å². The van der Waals surface area contributed by atoms with Crippen LogP contribution in [0.3, 0.4) is 0 Å². The quantitative estimate of drug-likeness (QED) is 0.297. The fraction of sp³-hybridized carbons (Fsp3) is 0.296. The molecule has 0 unspecified atom stereocenters. The van der Waals surface area contributed by atoms with E-state index in [1.807, 2.05) is 48.5 Å². The zero-order chi connectivity index (χ0) is 25.8. The van der Waals surface area contributed by atoms with Gasteiger partial charge < -0.3 is 25.4 Å². The topological polar surface area (TPSA) is 129 Å². The Balaban J connectivity index is 1.39. The first-order valence-electron chi connectivity index (χ1n) is 12.1. The summed E-state index contributed by atoms with van der Waals surface area (Å²) in [4.78, 5) is 0. The third-order valence-corrected chi connectivity index (χ3v) is 7.53. The third-order valence-electron chi connectivity index (χ3n) is 6.52. The van der Waals surface area contributed by atoms with Gasteiger partial charge in [-0.2, -0.15) is 4.68 Å². The van der Waals surface area contributed by atoms with Gasteiger partial charge in [-0.15, -0.1) is 5.10 Å². The number of aromatic nitrogens is 4. The molecule has 4 aromatic rings. The second-order valence-corrected chi connectivity index (χ2v) is 9.96. The number of benzene rings is 3. The molecule has 1 aliphatic rings. The van der Waals surface area contributed by atoms with Gasteiger partial charge in [0, 0.05) is 23.8 Å². The van der Waals surface area contributed by atoms with Gasteiger partial charge in [-0.3, -0.25) is 0 Å². The third kappa shape index (κ3) is 5.68. The highest BCUT2D eigenvalue weighted by Gasteiger charge is 2.38. The molecule has 37 heavy (non-hydrogen) atoms. The van der Waals surface area contributed by atoms with Crippen molar-refractivity contribution in [3.8, 4) is 11.4 Å². The summed E-state index contributed by atoms with van der Waals surface area (Å²) < 4.78 is 14.6. The molecule has 9 nitrogen and oxygen atoms in total. The fourth-order valence-corrected chi connectivity index (χ4v) is 5.36. The zero-order valence-electron chi connectivity index (χ0n) is 20.3. The maximum Gasteiger partial charge on any atom is 0.214 e. The van der Waals surface area contributed by atoms with E-state index in [4.69, 9.17) is 15.2 Å². The van der Waals surface area contributed by atoms with Gasteiger partial charge in [-0.05, 0) is 51.4 Å². The number of nitrogens with two attached hydrogens (primary N) is 1. The summed E-state index contributed by atoms with van der Waals surface area (Å²) in [6.07, 6.45) is -0.922. The highest BCUT2D eigenvalue weighted by atomic mass is 32.2. The molecular formula is C27H29N5O4S. The molecule has 192 valence electrons. The Bertz CT molecular complexity index is 1300. The molecule has 2 heterocycles. The zero-order valence-corrected chi connectivity index (χ0v) is 21.2. The largest absolute Gasteiger partial charge is 0.508 e. The van der Waals surface area contributed by atoms with Gasteiger partial charge in [0.25, 0.3) is 0 Å². The molecule has 0 bridgehead atoms. The monoisotopic (exact) mass is 519 g/mol. The first-order valence-corrected chi connectivity index (χ1v) is 13.0. The molecule has 1 fully saturated rings. The van der Waals surface area contributed by atoms with E-state index in [-0.39, 0.29) is 30.5 Å². The smallest absolute Gasteiger partial charge is 0.214 e. The lowest BCUT2D eigenvalue weighted by Gasteiger charge is -2.41. The molecule has 0 aliphatic carbocycles. The minimum Gasteiger partial charge on any atom is -0.508 e. The number of nitrogens with zero attached hydrogens (tertiary/aromatic N) is 4.